The largest absolute Gasteiger partial charge is 0.493 e. The number of hydrogen-bond donors (Lipinski definition) is 2. The van der Waals surface area contributed by atoms with E-state index in [9.17, 15) is 0 Å². The van der Waals surface area contributed by atoms with Crippen molar-refractivity contribution in [2.24, 2.45) is 10.7 Å². The predicted molar refractivity (Wildman–Crippen MR) is 111 cm³/mol. The highest BCUT2D eigenvalue weighted by molar-refractivity contribution is 5.77. The van der Waals surface area contributed by atoms with Crippen LogP contribution >= 0.6 is 0 Å². The molecule has 0 unspecified atom stereocenters. The zero-order valence-corrected chi connectivity index (χ0v) is 16.5. The smallest absolute Gasteiger partial charge is 0.189 e. The second-order valence-electron chi connectivity index (χ2n) is 6.51. The Labute approximate surface area is 166 Å². The van der Waals surface area contributed by atoms with Crippen LogP contribution in [0.15, 0.2) is 47.5 Å². The van der Waals surface area contributed by atoms with E-state index in [1.165, 1.54) is 5.69 Å². The van der Waals surface area contributed by atoms with Gasteiger partial charge < -0.3 is 30.2 Å². The predicted octanol–water partition coefficient (Wildman–Crippen LogP) is 2.14. The molecule has 0 saturated carbocycles. The second kappa shape index (κ2) is 9.85. The average molecular weight is 384 g/mol. The Morgan fingerprint density at radius 3 is 2.39 bits per heavy atom. The zero-order chi connectivity index (χ0) is 19.8. The van der Waals surface area contributed by atoms with Gasteiger partial charge in [-0.2, -0.15) is 0 Å². The minimum atomic E-state index is 0.409. The molecule has 0 radical (unpaired) electrons. The summed E-state index contributed by atoms with van der Waals surface area (Å²) in [5.41, 5.74) is 9.38. The van der Waals surface area contributed by atoms with Crippen LogP contribution in [0.5, 0.6) is 11.5 Å². The average Bonchev–Trinajstić information content (AvgIpc) is 2.77. The molecule has 0 bridgehead atoms. The summed E-state index contributed by atoms with van der Waals surface area (Å²) in [4.78, 5) is 6.73. The number of rotatable bonds is 7. The highest BCUT2D eigenvalue weighted by Crippen LogP contribution is 2.27. The van der Waals surface area contributed by atoms with Crippen molar-refractivity contribution in [2.45, 2.75) is 13.1 Å². The minimum absolute atomic E-state index is 0.409. The quantitative estimate of drug-likeness (QED) is 0.562. The lowest BCUT2D eigenvalue weighted by Gasteiger charge is -2.28. The van der Waals surface area contributed by atoms with E-state index in [4.69, 9.17) is 19.9 Å². The molecule has 3 N–H and O–H groups in total. The fraction of sp³-hybridized carbons (Fsp3) is 0.381. The van der Waals surface area contributed by atoms with Crippen molar-refractivity contribution in [3.05, 3.63) is 53.6 Å². The highest BCUT2D eigenvalue weighted by Gasteiger charge is 2.10. The van der Waals surface area contributed by atoms with Crippen LogP contribution in [-0.2, 0) is 17.8 Å². The van der Waals surface area contributed by atoms with Gasteiger partial charge in [-0.3, -0.25) is 0 Å². The molecule has 1 aliphatic rings. The first kappa shape index (κ1) is 19.8. The summed E-state index contributed by atoms with van der Waals surface area (Å²) in [6.45, 7) is 4.55. The lowest BCUT2D eigenvalue weighted by molar-refractivity contribution is 0.122. The standard InChI is InChI=1S/C21H28N4O3/c1-26-19-8-5-17(13-20(19)27-2)15-24-21(22)23-14-16-3-6-18(7-4-16)25-9-11-28-12-10-25/h3-8,13H,9-12,14-15H2,1-2H3,(H3,22,23,24). The SMILES string of the molecule is COc1ccc(CN=C(N)NCc2ccc(N3CCOCC3)cc2)cc1OC. The van der Waals surface area contributed by atoms with Gasteiger partial charge in [-0.05, 0) is 35.4 Å². The van der Waals surface area contributed by atoms with Crippen LogP contribution in [0.25, 0.3) is 0 Å². The number of anilines is 1. The monoisotopic (exact) mass is 384 g/mol. The maximum absolute atomic E-state index is 6.00. The third-order valence-electron chi connectivity index (χ3n) is 4.67. The molecule has 1 heterocycles. The normalized spacial score (nSPS) is 14.6. The number of benzene rings is 2. The molecule has 2 aromatic rings. The van der Waals surface area contributed by atoms with Crippen LogP contribution in [0.2, 0.25) is 0 Å². The van der Waals surface area contributed by atoms with Gasteiger partial charge in [0.25, 0.3) is 0 Å². The molecule has 0 spiro atoms. The number of hydrogen-bond acceptors (Lipinski definition) is 5. The second-order valence-corrected chi connectivity index (χ2v) is 6.51. The van der Waals surface area contributed by atoms with Gasteiger partial charge in [-0.1, -0.05) is 18.2 Å². The Kier molecular flexibility index (Phi) is 6.97. The van der Waals surface area contributed by atoms with Crippen molar-refractivity contribution in [1.82, 2.24) is 5.32 Å². The van der Waals surface area contributed by atoms with Crippen molar-refractivity contribution in [3.8, 4) is 11.5 Å². The van der Waals surface area contributed by atoms with E-state index < -0.39 is 0 Å². The van der Waals surface area contributed by atoms with Crippen LogP contribution in [0.1, 0.15) is 11.1 Å². The molecule has 3 rings (SSSR count). The van der Waals surface area contributed by atoms with Crippen molar-refractivity contribution in [3.63, 3.8) is 0 Å². The fourth-order valence-corrected chi connectivity index (χ4v) is 3.05. The van der Waals surface area contributed by atoms with Gasteiger partial charge in [0.05, 0.1) is 34.0 Å². The number of aliphatic imine (C=N–C) groups is 1. The molecule has 0 atom stereocenters. The Bertz CT molecular complexity index is 787. The molecule has 7 heteroatoms. The van der Waals surface area contributed by atoms with E-state index in [1.54, 1.807) is 14.2 Å². The molecule has 150 valence electrons. The first-order valence-corrected chi connectivity index (χ1v) is 9.36. The number of nitrogens with zero attached hydrogens (tertiary/aromatic N) is 2. The molecular weight excluding hydrogens is 356 g/mol. The van der Waals surface area contributed by atoms with Crippen LogP contribution in [0.4, 0.5) is 5.69 Å². The lowest BCUT2D eigenvalue weighted by Crippen LogP contribution is -2.36. The summed E-state index contributed by atoms with van der Waals surface area (Å²) in [5.74, 6) is 1.79. The zero-order valence-electron chi connectivity index (χ0n) is 16.5. The molecule has 0 aromatic heterocycles. The topological polar surface area (TPSA) is 81.3 Å². The first-order valence-electron chi connectivity index (χ1n) is 9.36. The maximum Gasteiger partial charge on any atom is 0.189 e. The first-order chi connectivity index (χ1) is 13.7. The van der Waals surface area contributed by atoms with Crippen molar-refractivity contribution in [2.75, 3.05) is 45.4 Å². The van der Waals surface area contributed by atoms with Gasteiger partial charge in [0.15, 0.2) is 17.5 Å². The lowest BCUT2D eigenvalue weighted by atomic mass is 10.2. The van der Waals surface area contributed by atoms with Crippen LogP contribution in [-0.4, -0.2) is 46.5 Å². The molecule has 0 amide bonds. The molecule has 1 fully saturated rings. The molecule has 0 aliphatic carbocycles. The summed E-state index contributed by atoms with van der Waals surface area (Å²) >= 11 is 0. The number of nitrogens with one attached hydrogen (secondary N) is 1. The number of nitrogens with two attached hydrogens (primary N) is 1. The molecule has 28 heavy (non-hydrogen) atoms. The van der Waals surface area contributed by atoms with E-state index in [-0.39, 0.29) is 0 Å². The van der Waals surface area contributed by atoms with Crippen LogP contribution < -0.4 is 25.4 Å². The Morgan fingerprint density at radius 2 is 1.71 bits per heavy atom. The third-order valence-corrected chi connectivity index (χ3v) is 4.67. The van der Waals surface area contributed by atoms with E-state index in [0.717, 1.165) is 37.4 Å². The third kappa shape index (κ3) is 5.29. The number of morpholine rings is 1. The summed E-state index contributed by atoms with van der Waals surface area (Å²) in [6, 6.07) is 14.2. The van der Waals surface area contributed by atoms with Gasteiger partial charge in [0, 0.05) is 25.3 Å². The van der Waals surface area contributed by atoms with Gasteiger partial charge in [-0.15, -0.1) is 0 Å². The van der Waals surface area contributed by atoms with Crippen molar-refractivity contribution in [1.29, 1.82) is 0 Å². The van der Waals surface area contributed by atoms with Gasteiger partial charge >= 0.3 is 0 Å². The van der Waals surface area contributed by atoms with E-state index in [0.29, 0.717) is 30.5 Å². The summed E-state index contributed by atoms with van der Waals surface area (Å²) in [6.07, 6.45) is 0. The number of ether oxygens (including phenoxy) is 3. The van der Waals surface area contributed by atoms with Crippen molar-refractivity contribution < 1.29 is 14.2 Å². The van der Waals surface area contributed by atoms with Gasteiger partial charge in [-0.25, -0.2) is 4.99 Å². The van der Waals surface area contributed by atoms with Crippen LogP contribution in [0.3, 0.4) is 0 Å². The summed E-state index contributed by atoms with van der Waals surface area (Å²) in [5, 5.41) is 3.16. The van der Waals surface area contributed by atoms with Gasteiger partial charge in [0.2, 0.25) is 0 Å². The van der Waals surface area contributed by atoms with E-state index in [1.807, 2.05) is 18.2 Å². The molecular formula is C21H28N4O3. The Hall–Kier alpha value is -2.93. The Morgan fingerprint density at radius 1 is 1.04 bits per heavy atom. The minimum Gasteiger partial charge on any atom is -0.493 e. The van der Waals surface area contributed by atoms with Gasteiger partial charge in [0.1, 0.15) is 0 Å². The van der Waals surface area contributed by atoms with Crippen molar-refractivity contribution >= 4 is 11.6 Å². The Balaban J connectivity index is 1.51. The van der Waals surface area contributed by atoms with E-state index >= 15 is 0 Å². The summed E-state index contributed by atoms with van der Waals surface area (Å²) in [7, 11) is 3.23. The maximum atomic E-state index is 6.00. The van der Waals surface area contributed by atoms with E-state index in [2.05, 4.69) is 39.5 Å². The molecule has 7 nitrogen and oxygen atoms in total. The molecule has 2 aromatic carbocycles. The fourth-order valence-electron chi connectivity index (χ4n) is 3.05. The number of methoxy groups -OCH3 is 2. The van der Waals surface area contributed by atoms with Crippen LogP contribution in [0, 0.1) is 0 Å². The molecule has 1 aliphatic heterocycles. The highest BCUT2D eigenvalue weighted by atomic mass is 16.5. The summed E-state index contributed by atoms with van der Waals surface area (Å²) < 4.78 is 16.0. The molecule has 1 saturated heterocycles. The number of guanidine groups is 1.